The van der Waals surface area contributed by atoms with E-state index in [2.05, 4.69) is 12.2 Å². The molecule has 3 atom stereocenters. The van der Waals surface area contributed by atoms with E-state index in [-0.39, 0.29) is 35.7 Å². The van der Waals surface area contributed by atoms with E-state index in [0.29, 0.717) is 38.8 Å². The lowest BCUT2D eigenvalue weighted by Crippen LogP contribution is -2.56. The van der Waals surface area contributed by atoms with Gasteiger partial charge in [-0.25, -0.2) is 0 Å². The maximum Gasteiger partial charge on any atom is 0.225 e. The number of likely N-dealkylation sites (tertiary alicyclic amines) is 1. The fraction of sp³-hybridized carbons (Fsp3) is 0.882. The number of carbonyl (C=O) groups is 2. The minimum Gasteiger partial charge on any atom is -0.383 e. The lowest BCUT2D eigenvalue weighted by atomic mass is 9.74. The first kappa shape index (κ1) is 16.7. The van der Waals surface area contributed by atoms with Crippen molar-refractivity contribution >= 4 is 11.8 Å². The van der Waals surface area contributed by atoms with Crippen LogP contribution in [0, 0.1) is 23.7 Å². The van der Waals surface area contributed by atoms with Gasteiger partial charge in [-0.15, -0.1) is 0 Å². The summed E-state index contributed by atoms with van der Waals surface area (Å²) in [7, 11) is 1.62. The summed E-state index contributed by atoms with van der Waals surface area (Å²) < 4.78 is 10.8. The first-order chi connectivity index (χ1) is 11.1. The Kier molecular flexibility index (Phi) is 5.21. The molecule has 2 heterocycles. The Morgan fingerprint density at radius 3 is 2.78 bits per heavy atom. The zero-order valence-corrected chi connectivity index (χ0v) is 14.1. The molecule has 23 heavy (non-hydrogen) atoms. The predicted molar refractivity (Wildman–Crippen MR) is 84.7 cm³/mol. The van der Waals surface area contributed by atoms with Crippen LogP contribution in [0.25, 0.3) is 0 Å². The summed E-state index contributed by atoms with van der Waals surface area (Å²) >= 11 is 0. The second-order valence-corrected chi connectivity index (χ2v) is 7.27. The Morgan fingerprint density at radius 1 is 1.30 bits per heavy atom. The number of carbonyl (C=O) groups excluding carboxylic acids is 2. The van der Waals surface area contributed by atoms with Crippen LogP contribution in [0.2, 0.25) is 0 Å². The van der Waals surface area contributed by atoms with Crippen LogP contribution < -0.4 is 5.32 Å². The third-order valence-corrected chi connectivity index (χ3v) is 5.57. The number of rotatable bonds is 5. The molecule has 2 amide bonds. The van der Waals surface area contributed by atoms with Crippen molar-refractivity contribution in [2.24, 2.45) is 23.7 Å². The van der Waals surface area contributed by atoms with Crippen LogP contribution in [0.4, 0.5) is 0 Å². The van der Waals surface area contributed by atoms with Crippen molar-refractivity contribution in [2.45, 2.75) is 32.3 Å². The number of amides is 2. The highest BCUT2D eigenvalue weighted by molar-refractivity contribution is 5.83. The minimum absolute atomic E-state index is 0.0170. The van der Waals surface area contributed by atoms with Gasteiger partial charge in [-0.05, 0) is 25.2 Å². The van der Waals surface area contributed by atoms with Crippen LogP contribution in [0.3, 0.4) is 0 Å². The Balaban J connectivity index is 1.62. The standard InChI is InChI=1S/C17H28N2O4/c1-11-7-12(8-11)17(21)19-9-14(16(20)18-4-6-22-2)13-3-5-23-15(13)10-19/h11-15H,3-10H2,1-2H3,(H,18,20)/t11?,12?,13-,14+,15+/m0/s1. The van der Waals surface area contributed by atoms with Crippen molar-refractivity contribution in [3.63, 3.8) is 0 Å². The van der Waals surface area contributed by atoms with Gasteiger partial charge in [0.1, 0.15) is 0 Å². The Labute approximate surface area is 137 Å². The molecule has 3 fully saturated rings. The Hall–Kier alpha value is -1.14. The highest BCUT2D eigenvalue weighted by atomic mass is 16.5. The summed E-state index contributed by atoms with van der Waals surface area (Å²) in [6.45, 7) is 5.08. The van der Waals surface area contributed by atoms with E-state index in [1.54, 1.807) is 7.11 Å². The molecule has 3 aliphatic rings. The summed E-state index contributed by atoms with van der Waals surface area (Å²) in [5.41, 5.74) is 0. The summed E-state index contributed by atoms with van der Waals surface area (Å²) in [5, 5.41) is 2.93. The third-order valence-electron chi connectivity index (χ3n) is 5.57. The number of hydrogen-bond donors (Lipinski definition) is 1. The topological polar surface area (TPSA) is 67.9 Å². The van der Waals surface area contributed by atoms with E-state index >= 15 is 0 Å². The molecular formula is C17H28N2O4. The lowest BCUT2D eigenvalue weighted by molar-refractivity contribution is -0.148. The molecule has 1 N–H and O–H groups in total. The minimum atomic E-state index is -0.158. The van der Waals surface area contributed by atoms with E-state index in [0.717, 1.165) is 19.3 Å². The molecule has 1 aliphatic carbocycles. The van der Waals surface area contributed by atoms with Crippen molar-refractivity contribution < 1.29 is 19.1 Å². The van der Waals surface area contributed by atoms with Gasteiger partial charge in [-0.2, -0.15) is 0 Å². The van der Waals surface area contributed by atoms with Crippen molar-refractivity contribution in [1.82, 2.24) is 10.2 Å². The highest BCUT2D eigenvalue weighted by Crippen LogP contribution is 2.38. The second-order valence-electron chi connectivity index (χ2n) is 7.27. The smallest absolute Gasteiger partial charge is 0.225 e. The van der Waals surface area contributed by atoms with E-state index in [4.69, 9.17) is 9.47 Å². The Bertz CT molecular complexity index is 450. The molecule has 0 aromatic heterocycles. The van der Waals surface area contributed by atoms with Gasteiger partial charge in [0, 0.05) is 45.2 Å². The first-order valence-electron chi connectivity index (χ1n) is 8.77. The van der Waals surface area contributed by atoms with Gasteiger partial charge in [-0.3, -0.25) is 9.59 Å². The maximum absolute atomic E-state index is 12.7. The van der Waals surface area contributed by atoms with Crippen LogP contribution in [0.1, 0.15) is 26.2 Å². The number of ether oxygens (including phenoxy) is 2. The summed E-state index contributed by atoms with van der Waals surface area (Å²) in [4.78, 5) is 27.1. The quantitative estimate of drug-likeness (QED) is 0.755. The number of piperidine rings is 1. The van der Waals surface area contributed by atoms with Crippen LogP contribution in [0.5, 0.6) is 0 Å². The average molecular weight is 324 g/mol. The molecule has 0 aromatic carbocycles. The SMILES string of the molecule is COCCNC(=O)[C@@H]1CN(C(=O)C2CC(C)C2)C[C@H]2OCC[C@H]21. The number of methoxy groups -OCH3 is 1. The molecule has 0 unspecified atom stereocenters. The van der Waals surface area contributed by atoms with E-state index in [9.17, 15) is 9.59 Å². The fourth-order valence-electron chi connectivity index (χ4n) is 4.20. The summed E-state index contributed by atoms with van der Waals surface area (Å²) in [6, 6.07) is 0. The summed E-state index contributed by atoms with van der Waals surface area (Å²) in [6.07, 6.45) is 2.89. The highest BCUT2D eigenvalue weighted by Gasteiger charge is 2.46. The zero-order chi connectivity index (χ0) is 16.4. The number of hydrogen-bond acceptors (Lipinski definition) is 4. The maximum atomic E-state index is 12.7. The van der Waals surface area contributed by atoms with Crippen LogP contribution in [-0.4, -0.2) is 62.8 Å². The first-order valence-corrected chi connectivity index (χ1v) is 8.77. The van der Waals surface area contributed by atoms with E-state index < -0.39 is 0 Å². The molecule has 3 rings (SSSR count). The normalized spacial score (nSPS) is 36.3. The fourth-order valence-corrected chi connectivity index (χ4v) is 4.20. The van der Waals surface area contributed by atoms with Gasteiger partial charge in [0.05, 0.1) is 18.6 Å². The molecule has 130 valence electrons. The van der Waals surface area contributed by atoms with Gasteiger partial charge in [0.25, 0.3) is 0 Å². The van der Waals surface area contributed by atoms with Gasteiger partial charge in [0.2, 0.25) is 11.8 Å². The molecule has 6 heteroatoms. The molecule has 0 radical (unpaired) electrons. The van der Waals surface area contributed by atoms with E-state index in [1.807, 2.05) is 4.90 Å². The van der Waals surface area contributed by atoms with Gasteiger partial charge < -0.3 is 19.7 Å². The van der Waals surface area contributed by atoms with E-state index in [1.165, 1.54) is 0 Å². The third kappa shape index (κ3) is 3.53. The lowest BCUT2D eigenvalue weighted by Gasteiger charge is -2.43. The largest absolute Gasteiger partial charge is 0.383 e. The van der Waals surface area contributed by atoms with Gasteiger partial charge in [0.15, 0.2) is 0 Å². The monoisotopic (exact) mass is 324 g/mol. The molecule has 1 saturated carbocycles. The number of nitrogens with zero attached hydrogens (tertiary/aromatic N) is 1. The Morgan fingerprint density at radius 2 is 2.09 bits per heavy atom. The summed E-state index contributed by atoms with van der Waals surface area (Å²) in [5.74, 6) is 1.13. The molecule has 2 saturated heterocycles. The molecule has 6 nitrogen and oxygen atoms in total. The molecule has 0 spiro atoms. The van der Waals surface area contributed by atoms with Crippen molar-refractivity contribution in [2.75, 3.05) is 40.0 Å². The molecule has 2 aliphatic heterocycles. The van der Waals surface area contributed by atoms with Crippen LogP contribution in [-0.2, 0) is 19.1 Å². The zero-order valence-electron chi connectivity index (χ0n) is 14.1. The average Bonchev–Trinajstić information content (AvgIpc) is 2.98. The van der Waals surface area contributed by atoms with Crippen LogP contribution in [0.15, 0.2) is 0 Å². The molecule has 0 bridgehead atoms. The predicted octanol–water partition coefficient (Wildman–Crippen LogP) is 0.659. The number of fused-ring (bicyclic) bond motifs is 1. The van der Waals surface area contributed by atoms with Gasteiger partial charge >= 0.3 is 0 Å². The molecular weight excluding hydrogens is 296 g/mol. The van der Waals surface area contributed by atoms with Crippen molar-refractivity contribution in [1.29, 1.82) is 0 Å². The van der Waals surface area contributed by atoms with Crippen LogP contribution >= 0.6 is 0 Å². The van der Waals surface area contributed by atoms with Crippen molar-refractivity contribution in [3.05, 3.63) is 0 Å². The van der Waals surface area contributed by atoms with Gasteiger partial charge in [-0.1, -0.05) is 6.92 Å². The second kappa shape index (κ2) is 7.18. The molecule has 0 aromatic rings. The van der Waals surface area contributed by atoms with Crippen molar-refractivity contribution in [3.8, 4) is 0 Å². The number of nitrogens with one attached hydrogen (secondary N) is 1.